The molecule has 2 aromatic rings. The minimum atomic E-state index is 0.147. The predicted molar refractivity (Wildman–Crippen MR) is 112 cm³/mol. The van der Waals surface area contributed by atoms with Gasteiger partial charge in [-0.2, -0.15) is 0 Å². The highest BCUT2D eigenvalue weighted by molar-refractivity contribution is 5.93. The highest BCUT2D eigenvalue weighted by Crippen LogP contribution is 2.27. The lowest BCUT2D eigenvalue weighted by atomic mass is 10.1. The first kappa shape index (κ1) is 21.0. The summed E-state index contributed by atoms with van der Waals surface area (Å²) in [5.74, 6) is 0.905. The zero-order chi connectivity index (χ0) is 19.5. The fraction of sp³-hybridized carbons (Fsp3) is 0.545. The average molecular weight is 372 g/mol. The van der Waals surface area contributed by atoms with E-state index in [1.54, 1.807) is 13.3 Å². The van der Waals surface area contributed by atoms with Crippen molar-refractivity contribution in [3.63, 3.8) is 0 Å². The zero-order valence-electron chi connectivity index (χ0n) is 17.0. The molecule has 0 unspecified atom stereocenters. The predicted octanol–water partition coefficient (Wildman–Crippen LogP) is 4.86. The monoisotopic (exact) mass is 371 g/mol. The minimum Gasteiger partial charge on any atom is -0.497 e. The molecule has 0 radical (unpaired) electrons. The van der Waals surface area contributed by atoms with Crippen molar-refractivity contribution in [2.75, 3.05) is 32.1 Å². The van der Waals surface area contributed by atoms with Crippen LogP contribution in [0.3, 0.4) is 0 Å². The van der Waals surface area contributed by atoms with Gasteiger partial charge in [-0.25, -0.2) is 0 Å². The summed E-state index contributed by atoms with van der Waals surface area (Å²) in [4.78, 5) is 19.3. The van der Waals surface area contributed by atoms with Crippen LogP contribution in [0.1, 0.15) is 52.4 Å². The lowest BCUT2D eigenvalue weighted by Crippen LogP contribution is -2.37. The van der Waals surface area contributed by atoms with E-state index in [4.69, 9.17) is 4.74 Å². The van der Waals surface area contributed by atoms with E-state index in [-0.39, 0.29) is 12.5 Å². The largest absolute Gasteiger partial charge is 0.497 e. The molecule has 27 heavy (non-hydrogen) atoms. The Morgan fingerprint density at radius 3 is 2.44 bits per heavy atom. The maximum Gasteiger partial charge on any atom is 0.241 e. The second-order valence-corrected chi connectivity index (χ2v) is 6.90. The molecule has 148 valence electrons. The maximum atomic E-state index is 12.8. The average Bonchev–Trinajstić information content (AvgIpc) is 2.70. The molecule has 2 rings (SSSR count). The van der Waals surface area contributed by atoms with Crippen molar-refractivity contribution in [3.8, 4) is 5.75 Å². The molecule has 0 atom stereocenters. The number of ether oxygens (including phenoxy) is 1. The van der Waals surface area contributed by atoms with Gasteiger partial charge in [0.1, 0.15) is 5.75 Å². The van der Waals surface area contributed by atoms with Crippen LogP contribution in [-0.2, 0) is 4.79 Å². The van der Waals surface area contributed by atoms with Gasteiger partial charge in [0, 0.05) is 30.7 Å². The molecule has 5 heteroatoms. The number of hydrogen-bond acceptors (Lipinski definition) is 4. The van der Waals surface area contributed by atoms with Gasteiger partial charge in [0.05, 0.1) is 24.9 Å². The molecule has 0 aliphatic carbocycles. The molecule has 1 heterocycles. The van der Waals surface area contributed by atoms with E-state index in [2.05, 4.69) is 24.1 Å². The quantitative estimate of drug-likeness (QED) is 0.541. The normalized spacial score (nSPS) is 10.8. The second-order valence-electron chi connectivity index (χ2n) is 6.90. The van der Waals surface area contributed by atoms with E-state index in [1.165, 1.54) is 0 Å². The molecule has 1 amide bonds. The smallest absolute Gasteiger partial charge is 0.241 e. The van der Waals surface area contributed by atoms with Gasteiger partial charge in [-0.15, -0.1) is 0 Å². The molecule has 1 aromatic heterocycles. The molecule has 0 saturated carbocycles. The summed E-state index contributed by atoms with van der Waals surface area (Å²) in [6.45, 7) is 6.33. The van der Waals surface area contributed by atoms with Crippen LogP contribution in [0.5, 0.6) is 5.75 Å². The van der Waals surface area contributed by atoms with Gasteiger partial charge in [-0.1, -0.05) is 45.6 Å². The summed E-state index contributed by atoms with van der Waals surface area (Å²) < 4.78 is 5.39. The fourth-order valence-corrected chi connectivity index (χ4v) is 3.17. The van der Waals surface area contributed by atoms with Gasteiger partial charge in [-0.3, -0.25) is 9.78 Å². The van der Waals surface area contributed by atoms with E-state index < -0.39 is 0 Å². The number of hydrogen-bond donors (Lipinski definition) is 1. The number of nitrogens with one attached hydrogen (secondary N) is 1. The molecule has 0 fully saturated rings. The number of benzene rings is 1. The van der Waals surface area contributed by atoms with Crippen molar-refractivity contribution < 1.29 is 9.53 Å². The molecule has 0 aliphatic heterocycles. The topological polar surface area (TPSA) is 54.5 Å². The zero-order valence-corrected chi connectivity index (χ0v) is 17.0. The number of unbranched alkanes of at least 4 members (excludes halogenated alkanes) is 4. The van der Waals surface area contributed by atoms with E-state index in [0.29, 0.717) is 0 Å². The van der Waals surface area contributed by atoms with Gasteiger partial charge >= 0.3 is 0 Å². The first-order chi connectivity index (χ1) is 13.2. The van der Waals surface area contributed by atoms with Gasteiger partial charge in [0.2, 0.25) is 5.91 Å². The Labute approximate surface area is 163 Å². The van der Waals surface area contributed by atoms with Crippen LogP contribution in [0.15, 0.2) is 30.5 Å². The molecular formula is C22H33N3O2. The Bertz CT molecular complexity index is 708. The number of anilines is 1. The minimum absolute atomic E-state index is 0.147. The Hall–Kier alpha value is -2.30. The first-order valence-electron chi connectivity index (χ1n) is 10.1. The molecule has 1 aromatic carbocycles. The number of rotatable bonds is 12. The van der Waals surface area contributed by atoms with Crippen molar-refractivity contribution >= 4 is 22.5 Å². The number of carbonyl (C=O) groups excluding carboxylic acids is 1. The summed E-state index contributed by atoms with van der Waals surface area (Å²) in [7, 11) is 1.65. The summed E-state index contributed by atoms with van der Waals surface area (Å²) >= 11 is 0. The highest BCUT2D eigenvalue weighted by atomic mass is 16.5. The standard InChI is InChI=1S/C22H33N3O2/c1-4-6-8-13-25(14-9-7-5-2)21(26)17-24-20-16-19(27-3)15-18-11-10-12-23-22(18)20/h10-12,15-16,24H,4-9,13-14,17H2,1-3H3. The Kier molecular flexibility index (Phi) is 8.89. The number of amides is 1. The lowest BCUT2D eigenvalue weighted by molar-refractivity contribution is -0.129. The van der Waals surface area contributed by atoms with E-state index >= 15 is 0 Å². The van der Waals surface area contributed by atoms with Crippen molar-refractivity contribution in [2.24, 2.45) is 0 Å². The number of pyridine rings is 1. The third kappa shape index (κ3) is 6.42. The van der Waals surface area contributed by atoms with Gasteiger partial charge in [-0.05, 0) is 25.0 Å². The van der Waals surface area contributed by atoms with Crippen molar-refractivity contribution in [2.45, 2.75) is 52.4 Å². The molecule has 0 aliphatic rings. The van der Waals surface area contributed by atoms with Crippen LogP contribution in [0.25, 0.3) is 10.9 Å². The van der Waals surface area contributed by atoms with Crippen molar-refractivity contribution in [1.82, 2.24) is 9.88 Å². The molecule has 0 bridgehead atoms. The number of fused-ring (bicyclic) bond motifs is 1. The van der Waals surface area contributed by atoms with Crippen LogP contribution in [-0.4, -0.2) is 42.5 Å². The Morgan fingerprint density at radius 1 is 1.11 bits per heavy atom. The van der Waals surface area contributed by atoms with E-state index in [1.807, 2.05) is 29.2 Å². The number of aromatic nitrogens is 1. The van der Waals surface area contributed by atoms with Crippen LogP contribution < -0.4 is 10.1 Å². The first-order valence-corrected chi connectivity index (χ1v) is 10.1. The van der Waals surface area contributed by atoms with Crippen molar-refractivity contribution in [1.29, 1.82) is 0 Å². The number of carbonyl (C=O) groups is 1. The maximum absolute atomic E-state index is 12.8. The lowest BCUT2D eigenvalue weighted by Gasteiger charge is -2.23. The summed E-state index contributed by atoms with van der Waals surface area (Å²) in [6.07, 6.45) is 8.55. The molecule has 5 nitrogen and oxygen atoms in total. The number of nitrogens with zero attached hydrogens (tertiary/aromatic N) is 2. The Balaban J connectivity index is 2.05. The summed E-state index contributed by atoms with van der Waals surface area (Å²) in [6, 6.07) is 7.76. The third-order valence-corrected chi connectivity index (χ3v) is 4.76. The molecular weight excluding hydrogens is 338 g/mol. The highest BCUT2D eigenvalue weighted by Gasteiger charge is 2.14. The van der Waals surface area contributed by atoms with Crippen LogP contribution in [0, 0.1) is 0 Å². The Morgan fingerprint density at radius 2 is 1.81 bits per heavy atom. The molecule has 1 N–H and O–H groups in total. The van der Waals surface area contributed by atoms with E-state index in [0.717, 1.165) is 74.0 Å². The van der Waals surface area contributed by atoms with Gasteiger partial charge < -0.3 is 15.0 Å². The second kappa shape index (κ2) is 11.4. The third-order valence-electron chi connectivity index (χ3n) is 4.76. The summed E-state index contributed by atoms with van der Waals surface area (Å²) in [5.41, 5.74) is 1.69. The van der Waals surface area contributed by atoms with Gasteiger partial charge in [0.15, 0.2) is 0 Å². The van der Waals surface area contributed by atoms with Crippen molar-refractivity contribution in [3.05, 3.63) is 30.5 Å². The van der Waals surface area contributed by atoms with Gasteiger partial charge in [0.25, 0.3) is 0 Å². The van der Waals surface area contributed by atoms with E-state index in [9.17, 15) is 4.79 Å². The SMILES string of the molecule is CCCCCN(CCCCC)C(=O)CNc1cc(OC)cc2cccnc12. The molecule has 0 spiro atoms. The fourth-order valence-electron chi connectivity index (χ4n) is 3.17. The van der Waals surface area contributed by atoms with Crippen LogP contribution >= 0.6 is 0 Å². The van der Waals surface area contributed by atoms with Crippen LogP contribution in [0.4, 0.5) is 5.69 Å². The summed E-state index contributed by atoms with van der Waals surface area (Å²) in [5, 5.41) is 4.28. The number of methoxy groups -OCH3 is 1. The van der Waals surface area contributed by atoms with Crippen LogP contribution in [0.2, 0.25) is 0 Å². The molecule has 0 saturated heterocycles.